The number of nitrogen functional groups attached to an aromatic ring is 1. The largest absolute Gasteiger partial charge is 0.398 e. The molecule has 0 saturated heterocycles. The van der Waals surface area contributed by atoms with E-state index in [1.165, 1.54) is 17.5 Å². The van der Waals surface area contributed by atoms with E-state index in [1.807, 2.05) is 19.9 Å². The van der Waals surface area contributed by atoms with Crippen LogP contribution in [0.3, 0.4) is 0 Å². The van der Waals surface area contributed by atoms with Gasteiger partial charge >= 0.3 is 0 Å². The average molecular weight is 205 g/mol. The Kier molecular flexibility index (Phi) is 3.43. The molecule has 0 aromatic heterocycles. The number of fused-ring (bicyclic) bond motifs is 1. The number of anilines is 1. The van der Waals surface area contributed by atoms with Crippen molar-refractivity contribution in [3.8, 4) is 0 Å². The van der Waals surface area contributed by atoms with Gasteiger partial charge in [-0.05, 0) is 34.9 Å². The third-order valence-corrected chi connectivity index (χ3v) is 3.18. The maximum Gasteiger partial charge on any atom is 0.0352 e. The van der Waals surface area contributed by atoms with Gasteiger partial charge in [-0.2, -0.15) is 0 Å². The molecule has 1 heteroatoms. The third-order valence-electron chi connectivity index (χ3n) is 3.18. The normalized spacial score (nSPS) is 21.5. The molecule has 0 saturated carbocycles. The standard InChI is InChI=1S/C12H17N.C2H6/c1-8-7-12(2,3)9-5-4-6-10(13)11(8)9;1-2/h4-6,8H,7,13H2,1-3H3;1-2H3. The molecule has 0 fully saturated rings. The summed E-state index contributed by atoms with van der Waals surface area (Å²) in [6, 6.07) is 6.29. The van der Waals surface area contributed by atoms with Crippen molar-refractivity contribution in [1.82, 2.24) is 0 Å². The lowest BCUT2D eigenvalue weighted by Crippen LogP contribution is -2.11. The van der Waals surface area contributed by atoms with Gasteiger partial charge in [-0.1, -0.05) is 46.8 Å². The van der Waals surface area contributed by atoms with Crippen molar-refractivity contribution in [3.63, 3.8) is 0 Å². The van der Waals surface area contributed by atoms with Crippen LogP contribution >= 0.6 is 0 Å². The molecule has 1 aliphatic rings. The molecule has 2 rings (SSSR count). The van der Waals surface area contributed by atoms with Gasteiger partial charge in [-0.3, -0.25) is 0 Å². The highest BCUT2D eigenvalue weighted by Gasteiger charge is 2.35. The first-order valence-electron chi connectivity index (χ1n) is 5.91. The van der Waals surface area contributed by atoms with Crippen molar-refractivity contribution in [2.75, 3.05) is 5.73 Å². The van der Waals surface area contributed by atoms with E-state index in [-0.39, 0.29) is 0 Å². The minimum absolute atomic E-state index is 0.310. The maximum absolute atomic E-state index is 5.98. The number of hydrogen-bond acceptors (Lipinski definition) is 1. The van der Waals surface area contributed by atoms with Crippen molar-refractivity contribution >= 4 is 5.69 Å². The zero-order valence-corrected chi connectivity index (χ0v) is 10.6. The number of benzene rings is 1. The Balaban J connectivity index is 0.000000531. The smallest absolute Gasteiger partial charge is 0.0352 e. The first kappa shape index (κ1) is 12.1. The highest BCUT2D eigenvalue weighted by molar-refractivity contribution is 5.57. The van der Waals surface area contributed by atoms with Crippen LogP contribution < -0.4 is 5.73 Å². The van der Waals surface area contributed by atoms with E-state index >= 15 is 0 Å². The summed E-state index contributed by atoms with van der Waals surface area (Å²) in [5.74, 6) is 0.617. The predicted octanol–water partition coefficient (Wildman–Crippen LogP) is 4.08. The van der Waals surface area contributed by atoms with Crippen molar-refractivity contribution in [1.29, 1.82) is 0 Å². The van der Waals surface area contributed by atoms with E-state index in [1.54, 1.807) is 0 Å². The zero-order valence-electron chi connectivity index (χ0n) is 10.6. The molecule has 0 amide bonds. The minimum Gasteiger partial charge on any atom is -0.398 e. The lowest BCUT2D eigenvalue weighted by Gasteiger charge is -2.18. The second-order valence-corrected chi connectivity index (χ2v) is 4.80. The van der Waals surface area contributed by atoms with Gasteiger partial charge in [0, 0.05) is 5.69 Å². The number of rotatable bonds is 0. The van der Waals surface area contributed by atoms with Crippen LogP contribution in [0.5, 0.6) is 0 Å². The fourth-order valence-electron chi connectivity index (χ4n) is 2.70. The third kappa shape index (κ3) is 2.01. The molecule has 1 aromatic rings. The molecule has 1 unspecified atom stereocenters. The molecule has 84 valence electrons. The zero-order chi connectivity index (χ0) is 11.6. The summed E-state index contributed by atoms with van der Waals surface area (Å²) in [5, 5.41) is 0. The Morgan fingerprint density at radius 2 is 1.87 bits per heavy atom. The summed E-state index contributed by atoms with van der Waals surface area (Å²) in [6.07, 6.45) is 1.22. The molecular weight excluding hydrogens is 182 g/mol. The second-order valence-electron chi connectivity index (χ2n) is 4.80. The Bertz CT molecular complexity index is 339. The Morgan fingerprint density at radius 1 is 1.27 bits per heavy atom. The molecule has 1 aliphatic carbocycles. The van der Waals surface area contributed by atoms with Gasteiger partial charge in [0.2, 0.25) is 0 Å². The van der Waals surface area contributed by atoms with Gasteiger partial charge in [-0.25, -0.2) is 0 Å². The van der Waals surface area contributed by atoms with Crippen LogP contribution in [0.2, 0.25) is 0 Å². The van der Waals surface area contributed by atoms with Crippen LogP contribution in [0.4, 0.5) is 5.69 Å². The Hall–Kier alpha value is -0.980. The summed E-state index contributed by atoms with van der Waals surface area (Å²) in [7, 11) is 0. The molecule has 0 aliphatic heterocycles. The van der Waals surface area contributed by atoms with E-state index in [0.717, 1.165) is 5.69 Å². The first-order chi connectivity index (χ1) is 7.02. The lowest BCUT2D eigenvalue weighted by atomic mass is 9.86. The average Bonchev–Trinajstić information content (AvgIpc) is 2.42. The second kappa shape index (κ2) is 4.26. The van der Waals surface area contributed by atoms with Gasteiger partial charge < -0.3 is 5.73 Å². The van der Waals surface area contributed by atoms with Crippen LogP contribution in [0.1, 0.15) is 58.1 Å². The maximum atomic E-state index is 5.98. The van der Waals surface area contributed by atoms with Crippen LogP contribution in [0, 0.1) is 0 Å². The van der Waals surface area contributed by atoms with Crippen LogP contribution in [-0.4, -0.2) is 0 Å². The number of nitrogens with two attached hydrogens (primary N) is 1. The molecule has 1 nitrogen and oxygen atoms in total. The first-order valence-corrected chi connectivity index (χ1v) is 5.91. The molecule has 15 heavy (non-hydrogen) atoms. The van der Waals surface area contributed by atoms with E-state index in [4.69, 9.17) is 5.73 Å². The van der Waals surface area contributed by atoms with Crippen LogP contribution in [-0.2, 0) is 5.41 Å². The van der Waals surface area contributed by atoms with Gasteiger partial charge in [0.25, 0.3) is 0 Å². The van der Waals surface area contributed by atoms with E-state index < -0.39 is 0 Å². The fraction of sp³-hybridized carbons (Fsp3) is 0.571. The van der Waals surface area contributed by atoms with E-state index in [9.17, 15) is 0 Å². The summed E-state index contributed by atoms with van der Waals surface area (Å²) in [4.78, 5) is 0. The molecule has 0 heterocycles. The quantitative estimate of drug-likeness (QED) is 0.634. The summed E-state index contributed by atoms with van der Waals surface area (Å²) in [6.45, 7) is 10.9. The molecule has 0 spiro atoms. The lowest BCUT2D eigenvalue weighted by molar-refractivity contribution is 0.489. The van der Waals surface area contributed by atoms with Crippen molar-refractivity contribution in [3.05, 3.63) is 29.3 Å². The van der Waals surface area contributed by atoms with Crippen molar-refractivity contribution < 1.29 is 0 Å². The highest BCUT2D eigenvalue weighted by atomic mass is 14.6. The Morgan fingerprint density at radius 3 is 2.40 bits per heavy atom. The molecule has 1 aromatic carbocycles. The molecule has 1 atom stereocenters. The Labute approximate surface area is 93.7 Å². The van der Waals surface area contributed by atoms with Crippen molar-refractivity contribution in [2.24, 2.45) is 0 Å². The van der Waals surface area contributed by atoms with Crippen LogP contribution in [0.25, 0.3) is 0 Å². The van der Waals surface area contributed by atoms with Gasteiger partial charge in [0.05, 0.1) is 0 Å². The summed E-state index contributed by atoms with van der Waals surface area (Å²) < 4.78 is 0. The topological polar surface area (TPSA) is 26.0 Å². The monoisotopic (exact) mass is 205 g/mol. The number of hydrogen-bond donors (Lipinski definition) is 1. The van der Waals surface area contributed by atoms with Crippen molar-refractivity contribution in [2.45, 2.75) is 52.4 Å². The molecule has 2 N–H and O–H groups in total. The van der Waals surface area contributed by atoms with Gasteiger partial charge in [-0.15, -0.1) is 0 Å². The molecule has 0 radical (unpaired) electrons. The fourth-order valence-corrected chi connectivity index (χ4v) is 2.70. The summed E-state index contributed by atoms with van der Waals surface area (Å²) in [5.41, 5.74) is 10.1. The summed E-state index contributed by atoms with van der Waals surface area (Å²) >= 11 is 0. The highest BCUT2D eigenvalue weighted by Crippen LogP contribution is 2.47. The van der Waals surface area contributed by atoms with Crippen LogP contribution in [0.15, 0.2) is 18.2 Å². The molecular formula is C14H23N. The SMILES string of the molecule is CC.CC1CC(C)(C)c2cccc(N)c21. The molecule has 0 bridgehead atoms. The van der Waals surface area contributed by atoms with Gasteiger partial charge in [0.15, 0.2) is 0 Å². The van der Waals surface area contributed by atoms with Gasteiger partial charge in [0.1, 0.15) is 0 Å². The predicted molar refractivity (Wildman–Crippen MR) is 68.3 cm³/mol. The minimum atomic E-state index is 0.310. The van der Waals surface area contributed by atoms with E-state index in [0.29, 0.717) is 11.3 Å². The van der Waals surface area contributed by atoms with E-state index in [2.05, 4.69) is 32.9 Å².